The molecule has 0 saturated carbocycles. The van der Waals surface area contributed by atoms with Crippen LogP contribution in [0, 0.1) is 6.92 Å². The lowest BCUT2D eigenvalue weighted by atomic mass is 10.2. The second-order valence-corrected chi connectivity index (χ2v) is 3.27. The minimum atomic E-state index is -0.951. The predicted octanol–water partition coefficient (Wildman–Crippen LogP) is 1.97. The van der Waals surface area contributed by atoms with E-state index >= 15 is 0 Å². The highest BCUT2D eigenvalue weighted by Crippen LogP contribution is 2.14. The number of aliphatic carboxylic acids is 1. The minimum Gasteiger partial charge on any atom is -0.478 e. The number of aromatic amines is 1. The number of carboxylic acids is 1. The van der Waals surface area contributed by atoms with E-state index in [0.717, 1.165) is 28.5 Å². The molecule has 0 atom stereocenters. The van der Waals surface area contributed by atoms with Crippen LogP contribution in [-0.2, 0) is 4.79 Å². The van der Waals surface area contributed by atoms with Crippen molar-refractivity contribution in [3.05, 3.63) is 35.7 Å². The number of H-pyrrole nitrogens is 1. The Morgan fingerprint density at radius 2 is 2.33 bits per heavy atom. The molecule has 2 aromatic rings. The number of carbonyl (C=O) groups is 1. The highest BCUT2D eigenvalue weighted by atomic mass is 16.4. The van der Waals surface area contributed by atoms with Gasteiger partial charge in [-0.05, 0) is 30.7 Å². The zero-order chi connectivity index (χ0) is 10.8. The zero-order valence-corrected chi connectivity index (χ0v) is 8.19. The molecule has 0 aliphatic heterocycles. The Hall–Kier alpha value is -2.10. The van der Waals surface area contributed by atoms with Gasteiger partial charge in [0.25, 0.3) is 0 Å². The molecule has 0 radical (unpaired) electrons. The van der Waals surface area contributed by atoms with Crippen LogP contribution in [0.25, 0.3) is 17.1 Å². The molecule has 0 saturated heterocycles. The quantitative estimate of drug-likeness (QED) is 0.731. The van der Waals surface area contributed by atoms with E-state index in [1.165, 1.54) is 0 Å². The Labute approximate surface area is 86.3 Å². The smallest absolute Gasteiger partial charge is 0.328 e. The lowest BCUT2D eigenvalue weighted by molar-refractivity contribution is -0.131. The van der Waals surface area contributed by atoms with Crippen molar-refractivity contribution in [1.29, 1.82) is 0 Å². The summed E-state index contributed by atoms with van der Waals surface area (Å²) in [5, 5.41) is 8.48. The van der Waals surface area contributed by atoms with Crippen LogP contribution in [0.2, 0.25) is 0 Å². The third kappa shape index (κ3) is 2.04. The Balaban J connectivity index is 2.42. The van der Waals surface area contributed by atoms with Crippen molar-refractivity contribution < 1.29 is 9.90 Å². The number of hydrogen-bond donors (Lipinski definition) is 2. The van der Waals surface area contributed by atoms with Crippen molar-refractivity contribution in [2.24, 2.45) is 0 Å². The summed E-state index contributed by atoms with van der Waals surface area (Å²) in [4.78, 5) is 17.7. The van der Waals surface area contributed by atoms with Gasteiger partial charge in [0, 0.05) is 6.08 Å². The first kappa shape index (κ1) is 9.45. The van der Waals surface area contributed by atoms with Gasteiger partial charge < -0.3 is 10.1 Å². The number of rotatable bonds is 2. The molecule has 76 valence electrons. The minimum absolute atomic E-state index is 0.830. The molecule has 0 amide bonds. The van der Waals surface area contributed by atoms with Gasteiger partial charge in [0.05, 0.1) is 11.0 Å². The number of nitrogens with one attached hydrogen (secondary N) is 1. The number of imidazole rings is 1. The lowest BCUT2D eigenvalue weighted by Crippen LogP contribution is -1.85. The first-order valence-electron chi connectivity index (χ1n) is 4.52. The summed E-state index contributed by atoms with van der Waals surface area (Å²) >= 11 is 0. The van der Waals surface area contributed by atoms with Crippen molar-refractivity contribution in [3.63, 3.8) is 0 Å². The van der Waals surface area contributed by atoms with Crippen molar-refractivity contribution in [2.75, 3.05) is 0 Å². The fourth-order valence-electron chi connectivity index (χ4n) is 1.42. The SMILES string of the molecule is Cc1nc2cc(/C=C/C(=O)O)ccc2[nH]1. The number of fused-ring (bicyclic) bond motifs is 1. The molecule has 2 rings (SSSR count). The number of aryl methyl sites for hydroxylation is 1. The van der Waals surface area contributed by atoms with Crippen molar-refractivity contribution in [1.82, 2.24) is 9.97 Å². The van der Waals surface area contributed by atoms with E-state index in [9.17, 15) is 4.79 Å². The molecule has 0 bridgehead atoms. The second-order valence-electron chi connectivity index (χ2n) is 3.27. The molecule has 2 N–H and O–H groups in total. The van der Waals surface area contributed by atoms with E-state index in [1.54, 1.807) is 6.08 Å². The third-order valence-corrected chi connectivity index (χ3v) is 2.04. The van der Waals surface area contributed by atoms with Crippen LogP contribution in [-0.4, -0.2) is 21.0 Å². The molecular formula is C11H10N2O2. The third-order valence-electron chi connectivity index (χ3n) is 2.04. The van der Waals surface area contributed by atoms with Crippen LogP contribution in [0.4, 0.5) is 0 Å². The van der Waals surface area contributed by atoms with Crippen molar-refractivity contribution in [2.45, 2.75) is 6.92 Å². The number of benzene rings is 1. The molecular weight excluding hydrogens is 192 g/mol. The molecule has 1 heterocycles. The number of aromatic nitrogens is 2. The van der Waals surface area contributed by atoms with E-state index < -0.39 is 5.97 Å². The zero-order valence-electron chi connectivity index (χ0n) is 8.19. The van der Waals surface area contributed by atoms with E-state index in [-0.39, 0.29) is 0 Å². The maximum absolute atomic E-state index is 10.3. The van der Waals surface area contributed by atoms with E-state index in [1.807, 2.05) is 25.1 Å². The van der Waals surface area contributed by atoms with Crippen molar-refractivity contribution >= 4 is 23.1 Å². The average molecular weight is 202 g/mol. The maximum atomic E-state index is 10.3. The summed E-state index contributed by atoms with van der Waals surface area (Å²) in [6.45, 7) is 1.88. The molecule has 15 heavy (non-hydrogen) atoms. The van der Waals surface area contributed by atoms with Gasteiger partial charge >= 0.3 is 5.97 Å². The van der Waals surface area contributed by atoms with Gasteiger partial charge in [-0.1, -0.05) is 6.07 Å². The number of nitrogens with zero attached hydrogens (tertiary/aromatic N) is 1. The number of carboxylic acid groups (broad SMARTS) is 1. The van der Waals surface area contributed by atoms with Gasteiger partial charge in [-0.15, -0.1) is 0 Å². The molecule has 0 unspecified atom stereocenters. The molecule has 0 fully saturated rings. The number of hydrogen-bond acceptors (Lipinski definition) is 2. The van der Waals surface area contributed by atoms with Gasteiger partial charge in [-0.25, -0.2) is 9.78 Å². The molecule has 1 aromatic carbocycles. The molecule has 4 nitrogen and oxygen atoms in total. The van der Waals surface area contributed by atoms with Crippen molar-refractivity contribution in [3.8, 4) is 0 Å². The van der Waals surface area contributed by atoms with Crippen LogP contribution in [0.5, 0.6) is 0 Å². The normalized spacial score (nSPS) is 11.3. The summed E-state index contributed by atoms with van der Waals surface area (Å²) < 4.78 is 0. The largest absolute Gasteiger partial charge is 0.478 e. The highest BCUT2D eigenvalue weighted by Gasteiger charge is 1.99. The maximum Gasteiger partial charge on any atom is 0.328 e. The van der Waals surface area contributed by atoms with Crippen LogP contribution in [0.15, 0.2) is 24.3 Å². The van der Waals surface area contributed by atoms with Crippen LogP contribution in [0.1, 0.15) is 11.4 Å². The second kappa shape index (κ2) is 3.57. The van der Waals surface area contributed by atoms with E-state index in [4.69, 9.17) is 5.11 Å². The molecule has 0 spiro atoms. The summed E-state index contributed by atoms with van der Waals surface area (Å²) in [6.07, 6.45) is 2.66. The highest BCUT2D eigenvalue weighted by molar-refractivity contribution is 5.86. The topological polar surface area (TPSA) is 66.0 Å². The van der Waals surface area contributed by atoms with Crippen LogP contribution in [0.3, 0.4) is 0 Å². The van der Waals surface area contributed by atoms with Gasteiger partial charge in [0.2, 0.25) is 0 Å². The predicted molar refractivity (Wildman–Crippen MR) is 57.5 cm³/mol. The summed E-state index contributed by atoms with van der Waals surface area (Å²) in [5.74, 6) is -0.0994. The summed E-state index contributed by atoms with van der Waals surface area (Å²) in [5.41, 5.74) is 2.64. The van der Waals surface area contributed by atoms with Crippen LogP contribution >= 0.6 is 0 Å². The monoisotopic (exact) mass is 202 g/mol. The van der Waals surface area contributed by atoms with Gasteiger partial charge in [0.15, 0.2) is 0 Å². The summed E-state index contributed by atoms with van der Waals surface area (Å²) in [7, 11) is 0. The standard InChI is InChI=1S/C11H10N2O2/c1-7-12-9-4-2-8(3-5-11(14)15)6-10(9)13-7/h2-6H,1H3,(H,12,13)(H,14,15)/b5-3+. The Morgan fingerprint density at radius 1 is 1.53 bits per heavy atom. The first-order valence-corrected chi connectivity index (χ1v) is 4.52. The summed E-state index contributed by atoms with van der Waals surface area (Å²) in [6, 6.07) is 5.58. The van der Waals surface area contributed by atoms with Gasteiger partial charge in [-0.3, -0.25) is 0 Å². The fourth-order valence-corrected chi connectivity index (χ4v) is 1.42. The Kier molecular flexibility index (Phi) is 2.25. The van der Waals surface area contributed by atoms with E-state index in [0.29, 0.717) is 0 Å². The van der Waals surface area contributed by atoms with Crippen LogP contribution < -0.4 is 0 Å². The molecule has 0 aliphatic carbocycles. The lowest BCUT2D eigenvalue weighted by Gasteiger charge is -1.92. The Bertz CT molecular complexity index is 541. The Morgan fingerprint density at radius 3 is 3.07 bits per heavy atom. The molecule has 0 aliphatic rings. The molecule has 4 heteroatoms. The van der Waals surface area contributed by atoms with E-state index in [2.05, 4.69) is 9.97 Å². The first-order chi connectivity index (χ1) is 7.15. The van der Waals surface area contributed by atoms with Gasteiger partial charge in [0.1, 0.15) is 5.82 Å². The average Bonchev–Trinajstić information content (AvgIpc) is 2.53. The van der Waals surface area contributed by atoms with Gasteiger partial charge in [-0.2, -0.15) is 0 Å². The fraction of sp³-hybridized carbons (Fsp3) is 0.0909. The molecule has 1 aromatic heterocycles.